The van der Waals surface area contributed by atoms with E-state index < -0.39 is 0 Å². The van der Waals surface area contributed by atoms with Gasteiger partial charge in [0.05, 0.1) is 0 Å². The van der Waals surface area contributed by atoms with Crippen LogP contribution in [0.2, 0.25) is 0 Å². The molecule has 0 amide bonds. The molecule has 0 radical (unpaired) electrons. The van der Waals surface area contributed by atoms with Gasteiger partial charge < -0.3 is 10.6 Å². The third-order valence-corrected chi connectivity index (χ3v) is 9.56. The highest BCUT2D eigenvalue weighted by atomic mass is 14.9. The summed E-state index contributed by atoms with van der Waals surface area (Å²) in [5, 5.41) is 7.72. The Morgan fingerprint density at radius 3 is 1.76 bits per heavy atom. The Kier molecular flexibility index (Phi) is 9.07. The average molecular weight is 645 g/mol. The Balaban J connectivity index is 1.20. The lowest BCUT2D eigenvalue weighted by Gasteiger charge is -2.21. The van der Waals surface area contributed by atoms with Crippen molar-refractivity contribution in [3.05, 3.63) is 194 Å². The van der Waals surface area contributed by atoms with Crippen LogP contribution in [-0.2, 0) is 0 Å². The smallest absolute Gasteiger partial charge is 0.0482 e. The third kappa shape index (κ3) is 7.02. The molecule has 242 valence electrons. The standard InChI is InChI=1S/C48H40N2/c1-6-16-35(17-7-1)41-30-42(36-18-8-2-9-19-36)32-44(31-41)50-47-29-27-39(33-46(47)38-22-12-4-13-23-38)40-26-28-45(37-20-10-3-11-21-37)48(34-40)49-43-24-14-5-15-25-43/h1-12,14-22,24,26-34,43,49-50H,13,23,25H2. The first-order valence-electron chi connectivity index (χ1n) is 17.6. The minimum atomic E-state index is 0.256. The van der Waals surface area contributed by atoms with E-state index >= 15 is 0 Å². The highest BCUT2D eigenvalue weighted by Gasteiger charge is 2.16. The summed E-state index contributed by atoms with van der Waals surface area (Å²) >= 11 is 0. The molecule has 6 aromatic rings. The summed E-state index contributed by atoms with van der Waals surface area (Å²) in [6.45, 7) is 0. The van der Waals surface area contributed by atoms with E-state index in [-0.39, 0.29) is 6.04 Å². The number of nitrogens with one attached hydrogen (secondary N) is 2. The number of rotatable bonds is 9. The van der Waals surface area contributed by atoms with Crippen LogP contribution in [0.25, 0.3) is 50.1 Å². The van der Waals surface area contributed by atoms with Gasteiger partial charge in [0.1, 0.15) is 0 Å². The van der Waals surface area contributed by atoms with Gasteiger partial charge in [-0.15, -0.1) is 0 Å². The van der Waals surface area contributed by atoms with Crippen LogP contribution in [0.15, 0.2) is 188 Å². The molecule has 8 rings (SSSR count). The molecular weight excluding hydrogens is 605 g/mol. The monoisotopic (exact) mass is 644 g/mol. The van der Waals surface area contributed by atoms with Crippen molar-refractivity contribution in [2.75, 3.05) is 10.6 Å². The zero-order valence-corrected chi connectivity index (χ0v) is 28.1. The first-order valence-corrected chi connectivity index (χ1v) is 17.6. The lowest BCUT2D eigenvalue weighted by atomic mass is 9.91. The summed E-state index contributed by atoms with van der Waals surface area (Å²) in [6, 6.07) is 52.8. The van der Waals surface area contributed by atoms with Crippen molar-refractivity contribution < 1.29 is 0 Å². The normalized spacial score (nSPS) is 15.0. The van der Waals surface area contributed by atoms with Gasteiger partial charge >= 0.3 is 0 Å². The van der Waals surface area contributed by atoms with Crippen molar-refractivity contribution in [1.82, 2.24) is 0 Å². The first-order chi connectivity index (χ1) is 24.8. The minimum Gasteiger partial charge on any atom is -0.378 e. The van der Waals surface area contributed by atoms with Crippen LogP contribution in [0, 0.1) is 0 Å². The van der Waals surface area contributed by atoms with E-state index in [2.05, 4.69) is 199 Å². The summed E-state index contributed by atoms with van der Waals surface area (Å²) in [6.07, 6.45) is 18.5. The number of anilines is 3. The number of hydrogen-bond donors (Lipinski definition) is 2. The largest absolute Gasteiger partial charge is 0.378 e. The molecule has 50 heavy (non-hydrogen) atoms. The Labute approximate surface area is 295 Å². The average Bonchev–Trinajstić information content (AvgIpc) is 3.20. The molecule has 0 heterocycles. The highest BCUT2D eigenvalue weighted by molar-refractivity contribution is 5.88. The quantitative estimate of drug-likeness (QED) is 0.164. The van der Waals surface area contributed by atoms with Crippen LogP contribution in [0.4, 0.5) is 17.1 Å². The van der Waals surface area contributed by atoms with E-state index in [4.69, 9.17) is 0 Å². The predicted molar refractivity (Wildman–Crippen MR) is 215 cm³/mol. The van der Waals surface area contributed by atoms with Crippen molar-refractivity contribution in [2.24, 2.45) is 0 Å². The SMILES string of the molecule is C1=CCCC(c2cc(-c3ccc(-c4ccccc4)c(NC4C=CC=CC4)c3)ccc2Nc2cc(-c3ccccc3)cc(-c3ccccc3)c2)=C1. The second kappa shape index (κ2) is 14.6. The summed E-state index contributed by atoms with van der Waals surface area (Å²) in [5.74, 6) is 0. The van der Waals surface area contributed by atoms with Gasteiger partial charge in [0.2, 0.25) is 0 Å². The second-order valence-corrected chi connectivity index (χ2v) is 13.0. The second-order valence-electron chi connectivity index (χ2n) is 13.0. The molecule has 0 aliphatic heterocycles. The van der Waals surface area contributed by atoms with E-state index in [0.29, 0.717) is 0 Å². The molecule has 2 N–H and O–H groups in total. The van der Waals surface area contributed by atoms with E-state index in [1.54, 1.807) is 0 Å². The maximum atomic E-state index is 3.87. The predicted octanol–water partition coefficient (Wildman–Crippen LogP) is 13.1. The Bertz CT molecular complexity index is 2170. The maximum Gasteiger partial charge on any atom is 0.0482 e. The zero-order chi connectivity index (χ0) is 33.5. The van der Waals surface area contributed by atoms with Gasteiger partial charge in [-0.1, -0.05) is 152 Å². The Morgan fingerprint density at radius 1 is 0.460 bits per heavy atom. The zero-order valence-electron chi connectivity index (χ0n) is 28.1. The molecule has 2 nitrogen and oxygen atoms in total. The third-order valence-electron chi connectivity index (χ3n) is 9.56. The first kappa shape index (κ1) is 31.2. The van der Waals surface area contributed by atoms with Crippen molar-refractivity contribution in [1.29, 1.82) is 0 Å². The van der Waals surface area contributed by atoms with Gasteiger partial charge in [0.25, 0.3) is 0 Å². The van der Waals surface area contributed by atoms with Crippen molar-refractivity contribution in [3.63, 3.8) is 0 Å². The van der Waals surface area contributed by atoms with Crippen LogP contribution < -0.4 is 10.6 Å². The molecular formula is C48H40N2. The summed E-state index contributed by atoms with van der Waals surface area (Å²) in [4.78, 5) is 0. The molecule has 0 saturated carbocycles. The van der Waals surface area contributed by atoms with Crippen LogP contribution in [0.1, 0.15) is 24.8 Å². The molecule has 0 fully saturated rings. The topological polar surface area (TPSA) is 24.1 Å². The summed E-state index contributed by atoms with van der Waals surface area (Å²) in [5.41, 5.74) is 15.5. The molecule has 0 spiro atoms. The van der Waals surface area contributed by atoms with Crippen molar-refractivity contribution in [2.45, 2.75) is 25.3 Å². The lowest BCUT2D eigenvalue weighted by molar-refractivity contribution is 0.884. The fourth-order valence-electron chi connectivity index (χ4n) is 6.98. The van der Waals surface area contributed by atoms with Crippen LogP contribution in [0.3, 0.4) is 0 Å². The molecule has 6 aromatic carbocycles. The Hall–Kier alpha value is -6.12. The van der Waals surface area contributed by atoms with E-state index in [1.807, 2.05) is 0 Å². The van der Waals surface area contributed by atoms with Gasteiger partial charge in [-0.2, -0.15) is 0 Å². The highest BCUT2D eigenvalue weighted by Crippen LogP contribution is 2.39. The van der Waals surface area contributed by atoms with Crippen LogP contribution in [-0.4, -0.2) is 6.04 Å². The van der Waals surface area contributed by atoms with Gasteiger partial charge in [0, 0.05) is 34.2 Å². The maximum absolute atomic E-state index is 3.87. The molecule has 2 aliphatic rings. The fourth-order valence-corrected chi connectivity index (χ4v) is 6.98. The minimum absolute atomic E-state index is 0.256. The van der Waals surface area contributed by atoms with Crippen LogP contribution in [0.5, 0.6) is 0 Å². The molecule has 2 aliphatic carbocycles. The molecule has 2 heteroatoms. The molecule has 1 atom stereocenters. The van der Waals surface area contributed by atoms with Gasteiger partial charge in [0.15, 0.2) is 0 Å². The number of benzene rings is 6. The van der Waals surface area contributed by atoms with Gasteiger partial charge in [-0.25, -0.2) is 0 Å². The molecule has 0 saturated heterocycles. The van der Waals surface area contributed by atoms with Crippen LogP contribution >= 0.6 is 0 Å². The molecule has 0 aromatic heterocycles. The van der Waals surface area contributed by atoms with Gasteiger partial charge in [-0.05, 0) is 100 Å². The number of allylic oxidation sites excluding steroid dienone is 6. The van der Waals surface area contributed by atoms with Crippen molar-refractivity contribution in [3.8, 4) is 44.5 Å². The molecule has 1 unspecified atom stereocenters. The van der Waals surface area contributed by atoms with E-state index in [1.165, 1.54) is 55.6 Å². The fraction of sp³-hybridized carbons (Fsp3) is 0.0833. The van der Waals surface area contributed by atoms with E-state index in [0.717, 1.165) is 36.3 Å². The van der Waals surface area contributed by atoms with Gasteiger partial charge in [-0.3, -0.25) is 0 Å². The number of hydrogen-bond acceptors (Lipinski definition) is 2. The molecule has 0 bridgehead atoms. The summed E-state index contributed by atoms with van der Waals surface area (Å²) < 4.78 is 0. The lowest BCUT2D eigenvalue weighted by Crippen LogP contribution is -2.17. The Morgan fingerprint density at radius 2 is 1.12 bits per heavy atom. The van der Waals surface area contributed by atoms with E-state index in [9.17, 15) is 0 Å². The van der Waals surface area contributed by atoms with Crippen molar-refractivity contribution >= 4 is 22.6 Å². The summed E-state index contributed by atoms with van der Waals surface area (Å²) in [7, 11) is 0.